The van der Waals surface area contributed by atoms with Crippen LogP contribution in [0.2, 0.25) is 0 Å². The molecule has 0 aliphatic heterocycles. The molecule has 0 saturated heterocycles. The summed E-state index contributed by atoms with van der Waals surface area (Å²) in [6.45, 7) is 0. The van der Waals surface area contributed by atoms with Crippen LogP contribution in [0.15, 0.2) is 30.3 Å². The van der Waals surface area contributed by atoms with Gasteiger partial charge in [0.1, 0.15) is 11.9 Å². The van der Waals surface area contributed by atoms with Crippen molar-refractivity contribution in [2.24, 2.45) is 0 Å². The van der Waals surface area contributed by atoms with Crippen molar-refractivity contribution in [3.05, 3.63) is 35.9 Å². The Kier molecular flexibility index (Phi) is 5.74. The standard InChI is InChI=1S/C12H13Cl3O2/c13-12(14,15)11(17)8-10(16)7-6-9-4-2-1-3-5-9/h1-5,11,17H,6-8H2/t11-/m1/s1. The third-order valence-electron chi connectivity index (χ3n) is 2.33. The molecule has 1 aromatic rings. The first-order chi connectivity index (χ1) is 7.89. The fourth-order valence-electron chi connectivity index (χ4n) is 1.36. The molecule has 1 atom stereocenters. The van der Waals surface area contributed by atoms with Gasteiger partial charge in [-0.1, -0.05) is 65.1 Å². The second-order valence-electron chi connectivity index (χ2n) is 3.79. The largest absolute Gasteiger partial charge is 0.388 e. The number of halogens is 3. The van der Waals surface area contributed by atoms with E-state index in [9.17, 15) is 9.90 Å². The topological polar surface area (TPSA) is 37.3 Å². The summed E-state index contributed by atoms with van der Waals surface area (Å²) >= 11 is 16.4. The van der Waals surface area contributed by atoms with Crippen molar-refractivity contribution in [3.63, 3.8) is 0 Å². The van der Waals surface area contributed by atoms with Gasteiger partial charge < -0.3 is 5.11 Å². The Bertz CT molecular complexity index is 360. The number of benzene rings is 1. The lowest BCUT2D eigenvalue weighted by molar-refractivity contribution is -0.120. The zero-order valence-corrected chi connectivity index (χ0v) is 11.3. The molecule has 0 fully saturated rings. The Morgan fingerprint density at radius 3 is 2.35 bits per heavy atom. The summed E-state index contributed by atoms with van der Waals surface area (Å²) in [6.07, 6.45) is -0.423. The van der Waals surface area contributed by atoms with Crippen molar-refractivity contribution in [1.29, 1.82) is 0 Å². The minimum atomic E-state index is -1.80. The Morgan fingerprint density at radius 2 is 1.82 bits per heavy atom. The first-order valence-corrected chi connectivity index (χ1v) is 6.33. The number of carbonyl (C=O) groups excluding carboxylic acids is 1. The Morgan fingerprint density at radius 1 is 1.24 bits per heavy atom. The first-order valence-electron chi connectivity index (χ1n) is 5.20. The molecule has 5 heteroatoms. The maximum absolute atomic E-state index is 11.5. The smallest absolute Gasteiger partial charge is 0.216 e. The van der Waals surface area contributed by atoms with Crippen molar-refractivity contribution < 1.29 is 9.90 Å². The number of aliphatic hydroxyl groups is 1. The average molecular weight is 296 g/mol. The molecule has 2 nitrogen and oxygen atoms in total. The van der Waals surface area contributed by atoms with Crippen LogP contribution in [0.4, 0.5) is 0 Å². The minimum absolute atomic E-state index is 0.118. The SMILES string of the molecule is O=C(CCc1ccccc1)C[C@@H](O)C(Cl)(Cl)Cl. The number of hydrogen-bond acceptors (Lipinski definition) is 2. The molecule has 1 N–H and O–H groups in total. The molecule has 0 bridgehead atoms. The maximum Gasteiger partial charge on any atom is 0.216 e. The number of hydrogen-bond donors (Lipinski definition) is 1. The molecule has 0 aliphatic rings. The molecule has 0 radical (unpaired) electrons. The highest BCUT2D eigenvalue weighted by Crippen LogP contribution is 2.32. The lowest BCUT2D eigenvalue weighted by atomic mass is 10.0. The predicted molar refractivity (Wildman–Crippen MR) is 70.7 cm³/mol. The zero-order chi connectivity index (χ0) is 12.9. The van der Waals surface area contributed by atoms with E-state index in [0.29, 0.717) is 12.8 Å². The number of Topliss-reactive ketones (excluding diaryl/α,β-unsaturated/α-hetero) is 1. The van der Waals surface area contributed by atoms with Crippen LogP contribution in [0.1, 0.15) is 18.4 Å². The summed E-state index contributed by atoms with van der Waals surface area (Å²) in [7, 11) is 0. The zero-order valence-electron chi connectivity index (χ0n) is 9.07. The molecule has 94 valence electrons. The monoisotopic (exact) mass is 294 g/mol. The number of aliphatic hydroxyl groups excluding tert-OH is 1. The minimum Gasteiger partial charge on any atom is -0.388 e. The van der Waals surface area contributed by atoms with Gasteiger partial charge >= 0.3 is 0 Å². The van der Waals surface area contributed by atoms with Gasteiger partial charge in [-0.25, -0.2) is 0 Å². The first kappa shape index (κ1) is 14.8. The Hall–Kier alpha value is -0.280. The third-order valence-corrected chi connectivity index (χ3v) is 3.09. The third kappa shape index (κ3) is 5.73. The van der Waals surface area contributed by atoms with Crippen molar-refractivity contribution in [2.45, 2.75) is 29.2 Å². The molecule has 0 saturated carbocycles. The van der Waals surface area contributed by atoms with E-state index in [1.165, 1.54) is 0 Å². The Labute approximate surface area is 115 Å². The van der Waals surface area contributed by atoms with Crippen LogP contribution in [-0.2, 0) is 11.2 Å². The highest BCUT2D eigenvalue weighted by Gasteiger charge is 2.32. The van der Waals surface area contributed by atoms with E-state index in [1.54, 1.807) is 0 Å². The number of aryl methyl sites for hydroxylation is 1. The average Bonchev–Trinajstić information content (AvgIpc) is 2.26. The quantitative estimate of drug-likeness (QED) is 0.846. The van der Waals surface area contributed by atoms with Gasteiger partial charge in [0.05, 0.1) is 0 Å². The van der Waals surface area contributed by atoms with Crippen LogP contribution < -0.4 is 0 Å². The summed E-state index contributed by atoms with van der Waals surface area (Å²) in [5.41, 5.74) is 1.07. The van der Waals surface area contributed by atoms with Gasteiger partial charge in [0.2, 0.25) is 3.79 Å². The summed E-state index contributed by atoms with van der Waals surface area (Å²) in [6, 6.07) is 9.63. The van der Waals surface area contributed by atoms with Gasteiger partial charge in [-0.3, -0.25) is 4.79 Å². The normalized spacial score (nSPS) is 13.4. The molecule has 0 heterocycles. The molecule has 0 spiro atoms. The summed E-state index contributed by atoms with van der Waals surface area (Å²) in [5, 5.41) is 9.44. The molecule has 1 rings (SSSR count). The van der Waals surface area contributed by atoms with Crippen molar-refractivity contribution in [2.75, 3.05) is 0 Å². The predicted octanol–water partition coefficient (Wildman–Crippen LogP) is 3.31. The van der Waals surface area contributed by atoms with E-state index < -0.39 is 9.90 Å². The molecule has 0 unspecified atom stereocenters. The molecule has 0 amide bonds. The van der Waals surface area contributed by atoms with E-state index in [2.05, 4.69) is 0 Å². The van der Waals surface area contributed by atoms with E-state index >= 15 is 0 Å². The van der Waals surface area contributed by atoms with E-state index in [1.807, 2.05) is 30.3 Å². The Balaban J connectivity index is 2.36. The molecule has 1 aromatic carbocycles. The van der Waals surface area contributed by atoms with E-state index in [0.717, 1.165) is 5.56 Å². The van der Waals surface area contributed by atoms with Gasteiger partial charge in [0, 0.05) is 12.8 Å². The molecule has 0 aliphatic carbocycles. The fourth-order valence-corrected chi connectivity index (χ4v) is 1.59. The van der Waals surface area contributed by atoms with Crippen LogP contribution in [-0.4, -0.2) is 20.8 Å². The van der Waals surface area contributed by atoms with Gasteiger partial charge in [0.15, 0.2) is 0 Å². The van der Waals surface area contributed by atoms with Gasteiger partial charge in [-0.05, 0) is 12.0 Å². The summed E-state index contributed by atoms with van der Waals surface area (Å²) in [4.78, 5) is 11.5. The molecule has 0 aromatic heterocycles. The van der Waals surface area contributed by atoms with Crippen molar-refractivity contribution >= 4 is 40.6 Å². The van der Waals surface area contributed by atoms with Crippen LogP contribution in [0, 0.1) is 0 Å². The summed E-state index contributed by atoms with van der Waals surface area (Å²) in [5.74, 6) is -0.118. The van der Waals surface area contributed by atoms with Crippen LogP contribution >= 0.6 is 34.8 Å². The van der Waals surface area contributed by atoms with E-state index in [4.69, 9.17) is 34.8 Å². The summed E-state index contributed by atoms with van der Waals surface area (Å²) < 4.78 is -1.80. The fraction of sp³-hybridized carbons (Fsp3) is 0.417. The molecular weight excluding hydrogens is 282 g/mol. The number of alkyl halides is 3. The second kappa shape index (κ2) is 6.60. The molecule has 17 heavy (non-hydrogen) atoms. The van der Waals surface area contributed by atoms with Gasteiger partial charge in [0.25, 0.3) is 0 Å². The molecular formula is C12H13Cl3O2. The van der Waals surface area contributed by atoms with E-state index in [-0.39, 0.29) is 12.2 Å². The van der Waals surface area contributed by atoms with Gasteiger partial charge in [-0.2, -0.15) is 0 Å². The lowest BCUT2D eigenvalue weighted by Gasteiger charge is -2.17. The number of ketones is 1. The number of carbonyl (C=O) groups is 1. The van der Waals surface area contributed by atoms with Gasteiger partial charge in [-0.15, -0.1) is 0 Å². The van der Waals surface area contributed by atoms with Crippen LogP contribution in [0.3, 0.4) is 0 Å². The van der Waals surface area contributed by atoms with Crippen LogP contribution in [0.25, 0.3) is 0 Å². The highest BCUT2D eigenvalue weighted by molar-refractivity contribution is 6.68. The second-order valence-corrected chi connectivity index (χ2v) is 6.15. The maximum atomic E-state index is 11.5. The lowest BCUT2D eigenvalue weighted by Crippen LogP contribution is -2.28. The number of rotatable bonds is 5. The van der Waals surface area contributed by atoms with Crippen molar-refractivity contribution in [1.82, 2.24) is 0 Å². The highest BCUT2D eigenvalue weighted by atomic mass is 35.6. The van der Waals surface area contributed by atoms with Crippen LogP contribution in [0.5, 0.6) is 0 Å². The van der Waals surface area contributed by atoms with Crippen molar-refractivity contribution in [3.8, 4) is 0 Å².